The standard InChI is InChI=1S/C19H14O2/c1-10-8-15-12(3)17-13-6-4-5-7-14(13)19(20)21-18(17)16(15)9-11(10)2/h4-9H,3H2,1-2H3. The molecule has 0 aliphatic heterocycles. The number of fused-ring (bicyclic) bond motifs is 5. The number of hydrogen-bond donors (Lipinski definition) is 0. The molecule has 0 atom stereocenters. The minimum absolute atomic E-state index is 0.289. The molecule has 3 aromatic rings. The third-order valence-electron chi connectivity index (χ3n) is 4.34. The van der Waals surface area contributed by atoms with Gasteiger partial charge in [-0.3, -0.25) is 0 Å². The average Bonchev–Trinajstić information content (AvgIpc) is 2.73. The van der Waals surface area contributed by atoms with Crippen LogP contribution in [-0.4, -0.2) is 0 Å². The quantitative estimate of drug-likeness (QED) is 0.474. The van der Waals surface area contributed by atoms with Gasteiger partial charge in [-0.2, -0.15) is 0 Å². The Bertz CT molecular complexity index is 990. The Morgan fingerprint density at radius 3 is 2.29 bits per heavy atom. The summed E-state index contributed by atoms with van der Waals surface area (Å²) in [4.78, 5) is 12.2. The van der Waals surface area contributed by atoms with Crippen molar-refractivity contribution in [3.63, 3.8) is 0 Å². The maximum Gasteiger partial charge on any atom is 0.344 e. The van der Waals surface area contributed by atoms with E-state index in [1.165, 1.54) is 11.1 Å². The molecule has 0 amide bonds. The zero-order chi connectivity index (χ0) is 14.7. The van der Waals surface area contributed by atoms with Gasteiger partial charge in [-0.05, 0) is 48.2 Å². The summed E-state index contributed by atoms with van der Waals surface area (Å²) in [7, 11) is 0. The van der Waals surface area contributed by atoms with Crippen LogP contribution in [0.4, 0.5) is 0 Å². The number of aryl methyl sites for hydroxylation is 2. The predicted octanol–water partition coefficient (Wildman–Crippen LogP) is 4.45. The van der Waals surface area contributed by atoms with E-state index in [0.717, 1.165) is 27.6 Å². The van der Waals surface area contributed by atoms with Crippen molar-refractivity contribution >= 4 is 16.3 Å². The van der Waals surface area contributed by atoms with E-state index in [1.807, 2.05) is 18.2 Å². The van der Waals surface area contributed by atoms with E-state index in [9.17, 15) is 4.79 Å². The van der Waals surface area contributed by atoms with Gasteiger partial charge in [0.1, 0.15) is 5.76 Å². The van der Waals surface area contributed by atoms with E-state index < -0.39 is 0 Å². The predicted molar refractivity (Wildman–Crippen MR) is 85.5 cm³/mol. The third kappa shape index (κ3) is 1.50. The van der Waals surface area contributed by atoms with Crippen LogP contribution in [0.1, 0.15) is 22.3 Å². The van der Waals surface area contributed by atoms with Crippen molar-refractivity contribution in [3.05, 3.63) is 75.7 Å². The number of rotatable bonds is 0. The van der Waals surface area contributed by atoms with Gasteiger partial charge in [0.25, 0.3) is 0 Å². The lowest BCUT2D eigenvalue weighted by Crippen LogP contribution is -2.01. The van der Waals surface area contributed by atoms with Crippen molar-refractivity contribution in [3.8, 4) is 11.3 Å². The van der Waals surface area contributed by atoms with Crippen LogP contribution >= 0.6 is 0 Å². The molecule has 102 valence electrons. The fourth-order valence-electron chi connectivity index (χ4n) is 3.08. The normalized spacial score (nSPS) is 12.6. The second kappa shape index (κ2) is 3.95. The van der Waals surface area contributed by atoms with E-state index in [4.69, 9.17) is 4.42 Å². The Labute approximate surface area is 122 Å². The molecular formula is C19H14O2. The van der Waals surface area contributed by atoms with Crippen molar-refractivity contribution in [1.82, 2.24) is 0 Å². The first-order chi connectivity index (χ1) is 10.1. The van der Waals surface area contributed by atoms with Gasteiger partial charge in [-0.1, -0.05) is 30.8 Å². The Balaban J connectivity index is 2.20. The first kappa shape index (κ1) is 12.2. The summed E-state index contributed by atoms with van der Waals surface area (Å²) in [5, 5.41) is 1.53. The Hall–Kier alpha value is -2.61. The summed E-state index contributed by atoms with van der Waals surface area (Å²) in [5.74, 6) is 0.654. The van der Waals surface area contributed by atoms with Crippen LogP contribution < -0.4 is 5.63 Å². The monoisotopic (exact) mass is 274 g/mol. The highest BCUT2D eigenvalue weighted by Crippen LogP contribution is 2.46. The van der Waals surface area contributed by atoms with Gasteiger partial charge in [0.2, 0.25) is 0 Å². The molecule has 1 heterocycles. The van der Waals surface area contributed by atoms with Gasteiger partial charge in [0, 0.05) is 16.5 Å². The summed E-state index contributed by atoms with van der Waals surface area (Å²) in [5.41, 5.74) is 6.03. The molecule has 0 saturated carbocycles. The van der Waals surface area contributed by atoms with Crippen LogP contribution in [0.25, 0.3) is 27.7 Å². The maximum atomic E-state index is 12.2. The lowest BCUT2D eigenvalue weighted by molar-refractivity contribution is 0.535. The highest BCUT2D eigenvalue weighted by Gasteiger charge is 2.28. The summed E-state index contributed by atoms with van der Waals surface area (Å²) in [6.07, 6.45) is 0. The summed E-state index contributed by atoms with van der Waals surface area (Å²) in [6, 6.07) is 11.8. The van der Waals surface area contributed by atoms with E-state index >= 15 is 0 Å². The van der Waals surface area contributed by atoms with Crippen LogP contribution in [0.3, 0.4) is 0 Å². The first-order valence-electron chi connectivity index (χ1n) is 6.95. The van der Waals surface area contributed by atoms with Crippen molar-refractivity contribution < 1.29 is 4.42 Å². The lowest BCUT2D eigenvalue weighted by atomic mass is 9.99. The maximum absolute atomic E-state index is 12.2. The second-order valence-corrected chi connectivity index (χ2v) is 5.60. The minimum Gasteiger partial charge on any atom is -0.422 e. The minimum atomic E-state index is -0.289. The van der Waals surface area contributed by atoms with Crippen LogP contribution in [0.2, 0.25) is 0 Å². The Morgan fingerprint density at radius 1 is 0.952 bits per heavy atom. The van der Waals surface area contributed by atoms with Crippen molar-refractivity contribution in [2.75, 3.05) is 0 Å². The van der Waals surface area contributed by atoms with Gasteiger partial charge in [-0.25, -0.2) is 4.79 Å². The van der Waals surface area contributed by atoms with Gasteiger partial charge in [0.15, 0.2) is 0 Å². The van der Waals surface area contributed by atoms with Crippen LogP contribution in [0.15, 0.2) is 52.2 Å². The molecule has 2 nitrogen and oxygen atoms in total. The molecule has 0 unspecified atom stereocenters. The molecule has 0 bridgehead atoms. The molecule has 1 aliphatic rings. The van der Waals surface area contributed by atoms with Crippen LogP contribution in [0.5, 0.6) is 0 Å². The van der Waals surface area contributed by atoms with E-state index in [-0.39, 0.29) is 5.63 Å². The smallest absolute Gasteiger partial charge is 0.344 e. The van der Waals surface area contributed by atoms with Crippen molar-refractivity contribution in [1.29, 1.82) is 0 Å². The van der Waals surface area contributed by atoms with E-state index in [2.05, 4.69) is 32.6 Å². The molecule has 2 heteroatoms. The molecule has 0 fully saturated rings. The average molecular weight is 274 g/mol. The molecule has 0 N–H and O–H groups in total. The fourth-order valence-corrected chi connectivity index (χ4v) is 3.08. The Kier molecular flexibility index (Phi) is 2.29. The zero-order valence-corrected chi connectivity index (χ0v) is 12.0. The van der Waals surface area contributed by atoms with Crippen molar-refractivity contribution in [2.24, 2.45) is 0 Å². The molecule has 0 spiro atoms. The van der Waals surface area contributed by atoms with E-state index in [1.54, 1.807) is 6.07 Å². The molecule has 4 rings (SSSR count). The SMILES string of the molecule is C=C1c2cc(C)c(C)cc2-c2oc(=O)c3ccccc3c21. The molecule has 2 aromatic carbocycles. The van der Waals surface area contributed by atoms with Crippen LogP contribution in [-0.2, 0) is 0 Å². The third-order valence-corrected chi connectivity index (χ3v) is 4.34. The lowest BCUT2D eigenvalue weighted by Gasteiger charge is -2.04. The van der Waals surface area contributed by atoms with Gasteiger partial charge in [-0.15, -0.1) is 0 Å². The van der Waals surface area contributed by atoms with E-state index in [0.29, 0.717) is 11.1 Å². The molecule has 0 saturated heterocycles. The van der Waals surface area contributed by atoms with Gasteiger partial charge in [0.05, 0.1) is 5.39 Å². The summed E-state index contributed by atoms with van der Waals surface area (Å²) >= 11 is 0. The first-order valence-corrected chi connectivity index (χ1v) is 6.95. The summed E-state index contributed by atoms with van der Waals surface area (Å²) in [6.45, 7) is 8.37. The molecular weight excluding hydrogens is 260 g/mol. The summed E-state index contributed by atoms with van der Waals surface area (Å²) < 4.78 is 5.61. The molecule has 1 aliphatic carbocycles. The zero-order valence-electron chi connectivity index (χ0n) is 12.0. The van der Waals surface area contributed by atoms with Gasteiger partial charge >= 0.3 is 5.63 Å². The number of hydrogen-bond acceptors (Lipinski definition) is 2. The van der Waals surface area contributed by atoms with Gasteiger partial charge < -0.3 is 4.42 Å². The molecule has 1 aromatic heterocycles. The molecule has 21 heavy (non-hydrogen) atoms. The topological polar surface area (TPSA) is 30.2 Å². The molecule has 0 radical (unpaired) electrons. The van der Waals surface area contributed by atoms with Crippen LogP contribution in [0, 0.1) is 13.8 Å². The van der Waals surface area contributed by atoms with Crippen molar-refractivity contribution in [2.45, 2.75) is 13.8 Å². The highest BCUT2D eigenvalue weighted by atomic mass is 16.4. The number of benzene rings is 2. The largest absolute Gasteiger partial charge is 0.422 e. The fraction of sp³-hybridized carbons (Fsp3) is 0.105. The second-order valence-electron chi connectivity index (χ2n) is 5.60. The highest BCUT2D eigenvalue weighted by molar-refractivity contribution is 6.08. The Morgan fingerprint density at radius 2 is 1.57 bits per heavy atom.